The van der Waals surface area contributed by atoms with Crippen molar-refractivity contribution in [2.24, 2.45) is 0 Å². The second kappa shape index (κ2) is 10.2. The minimum absolute atomic E-state index is 0.799. The minimum atomic E-state index is 0.799. The Bertz CT molecular complexity index is 1860. The molecule has 0 spiro atoms. The van der Waals surface area contributed by atoms with Crippen LogP contribution in [0.25, 0.3) is 65.4 Å². The molecule has 0 saturated carbocycles. The molecular formula is C36H42N6. The van der Waals surface area contributed by atoms with Gasteiger partial charge in [0.15, 0.2) is 0 Å². The van der Waals surface area contributed by atoms with Crippen molar-refractivity contribution >= 4 is 82.5 Å². The Balaban J connectivity index is 1.86. The van der Waals surface area contributed by atoms with Gasteiger partial charge in [0.1, 0.15) is 0 Å². The van der Waals surface area contributed by atoms with E-state index in [1.54, 1.807) is 0 Å². The highest BCUT2D eigenvalue weighted by Gasteiger charge is 2.27. The van der Waals surface area contributed by atoms with Gasteiger partial charge in [-0.3, -0.25) is 0 Å². The molecule has 4 aromatic carbocycles. The predicted molar refractivity (Wildman–Crippen MR) is 183 cm³/mol. The molecule has 3 heterocycles. The summed E-state index contributed by atoms with van der Waals surface area (Å²) in [5.74, 6) is 0. The first-order chi connectivity index (χ1) is 20.5. The average Bonchev–Trinajstić information content (AvgIpc) is 3.58. The SMILES string of the molecule is CCCCn1c2cc(N)ccc2c2c1c1c3ccc(N)cc3n(CCCC)c1c1c3ccc(N)cc3n(CCCC)c21. The predicted octanol–water partition coefficient (Wildman–Crippen LogP) is 9.16. The number of fused-ring (bicyclic) bond motifs is 12. The van der Waals surface area contributed by atoms with Crippen LogP contribution in [-0.2, 0) is 19.6 Å². The van der Waals surface area contributed by atoms with Gasteiger partial charge in [-0.2, -0.15) is 0 Å². The number of rotatable bonds is 9. The maximum Gasteiger partial charge on any atom is 0.0614 e. The minimum Gasteiger partial charge on any atom is -0.399 e. The fourth-order valence-corrected chi connectivity index (χ4v) is 7.24. The van der Waals surface area contributed by atoms with Crippen LogP contribution in [0.3, 0.4) is 0 Å². The Hall–Kier alpha value is -4.32. The molecule has 0 saturated heterocycles. The fourth-order valence-electron chi connectivity index (χ4n) is 7.24. The number of unbranched alkanes of at least 4 members (excludes halogenated alkanes) is 3. The molecule has 3 aromatic heterocycles. The lowest BCUT2D eigenvalue weighted by molar-refractivity contribution is 0.662. The van der Waals surface area contributed by atoms with E-state index in [9.17, 15) is 0 Å². The average molecular weight is 559 g/mol. The molecule has 6 nitrogen and oxygen atoms in total. The summed E-state index contributed by atoms with van der Waals surface area (Å²) in [6.07, 6.45) is 6.68. The topological polar surface area (TPSA) is 92.8 Å². The molecule has 0 radical (unpaired) electrons. The molecule has 0 aliphatic rings. The van der Waals surface area contributed by atoms with Gasteiger partial charge in [-0.25, -0.2) is 0 Å². The van der Waals surface area contributed by atoms with E-state index in [0.717, 1.165) is 75.2 Å². The van der Waals surface area contributed by atoms with Gasteiger partial charge < -0.3 is 30.9 Å². The summed E-state index contributed by atoms with van der Waals surface area (Å²) in [5.41, 5.74) is 29.3. The van der Waals surface area contributed by atoms with Crippen molar-refractivity contribution < 1.29 is 0 Å². The number of aryl methyl sites for hydroxylation is 3. The van der Waals surface area contributed by atoms with Crippen molar-refractivity contribution in [3.63, 3.8) is 0 Å². The zero-order valence-electron chi connectivity index (χ0n) is 25.1. The van der Waals surface area contributed by atoms with Crippen LogP contribution in [0.1, 0.15) is 59.3 Å². The number of nitrogens with zero attached hydrogens (tertiary/aromatic N) is 3. The van der Waals surface area contributed by atoms with E-state index < -0.39 is 0 Å². The number of hydrogen-bond acceptors (Lipinski definition) is 3. The monoisotopic (exact) mass is 558 g/mol. The van der Waals surface area contributed by atoms with E-state index in [1.165, 1.54) is 65.4 Å². The molecule has 6 heteroatoms. The molecule has 0 bridgehead atoms. The van der Waals surface area contributed by atoms with Crippen molar-refractivity contribution in [1.82, 2.24) is 13.7 Å². The Kier molecular flexibility index (Phi) is 6.45. The molecule has 0 unspecified atom stereocenters. The standard InChI is InChI=1S/C36H42N6/c1-4-7-16-40-28-19-22(37)10-13-25(28)31-34(40)32-26-14-11-23(38)20-29(26)41(17-8-5-2)36(32)33-27-15-12-24(39)21-30(27)42(35(31)33)18-9-6-3/h10-15,19-21H,4-9,16-18,37-39H2,1-3H3. The van der Waals surface area contributed by atoms with Gasteiger partial charge in [-0.05, 0) is 55.7 Å². The van der Waals surface area contributed by atoms with E-state index in [1.807, 2.05) is 0 Å². The summed E-state index contributed by atoms with van der Waals surface area (Å²) >= 11 is 0. The van der Waals surface area contributed by atoms with Crippen molar-refractivity contribution in [3.05, 3.63) is 54.6 Å². The molecule has 0 aliphatic carbocycles. The number of nitrogen functional groups attached to an aromatic ring is 3. The van der Waals surface area contributed by atoms with E-state index >= 15 is 0 Å². The summed E-state index contributed by atoms with van der Waals surface area (Å²) in [4.78, 5) is 0. The number of benzene rings is 4. The van der Waals surface area contributed by atoms with Gasteiger partial charge in [0.05, 0.1) is 33.1 Å². The Morgan fingerprint density at radius 3 is 1.00 bits per heavy atom. The number of aromatic nitrogens is 3. The first kappa shape index (κ1) is 26.6. The van der Waals surface area contributed by atoms with E-state index in [0.29, 0.717) is 0 Å². The Labute approximate surface area is 246 Å². The highest BCUT2D eigenvalue weighted by atomic mass is 15.0. The smallest absolute Gasteiger partial charge is 0.0614 e. The summed E-state index contributed by atoms with van der Waals surface area (Å²) in [7, 11) is 0. The molecule has 42 heavy (non-hydrogen) atoms. The maximum atomic E-state index is 6.46. The van der Waals surface area contributed by atoms with Crippen molar-refractivity contribution in [2.75, 3.05) is 17.2 Å². The van der Waals surface area contributed by atoms with Crippen LogP contribution in [0, 0.1) is 0 Å². The molecule has 0 fully saturated rings. The van der Waals surface area contributed by atoms with Crippen LogP contribution in [0.5, 0.6) is 0 Å². The van der Waals surface area contributed by atoms with Crippen LogP contribution >= 0.6 is 0 Å². The van der Waals surface area contributed by atoms with Crippen molar-refractivity contribution in [2.45, 2.75) is 78.9 Å². The highest BCUT2D eigenvalue weighted by Crippen LogP contribution is 2.49. The second-order valence-electron chi connectivity index (χ2n) is 12.0. The number of hydrogen-bond donors (Lipinski definition) is 3. The van der Waals surface area contributed by atoms with Gasteiger partial charge >= 0.3 is 0 Å². The second-order valence-corrected chi connectivity index (χ2v) is 12.0. The zero-order chi connectivity index (χ0) is 29.1. The lowest BCUT2D eigenvalue weighted by atomic mass is 10.0. The first-order valence-electron chi connectivity index (χ1n) is 15.7. The first-order valence-corrected chi connectivity index (χ1v) is 15.7. The zero-order valence-corrected chi connectivity index (χ0v) is 25.1. The van der Waals surface area contributed by atoms with Gasteiger partial charge in [0.25, 0.3) is 0 Å². The van der Waals surface area contributed by atoms with Gasteiger partial charge in [-0.1, -0.05) is 58.2 Å². The van der Waals surface area contributed by atoms with E-state index in [4.69, 9.17) is 17.2 Å². The fraction of sp³-hybridized carbons (Fsp3) is 0.333. The van der Waals surface area contributed by atoms with Crippen molar-refractivity contribution in [3.8, 4) is 0 Å². The number of anilines is 3. The third kappa shape index (κ3) is 3.77. The lowest BCUT2D eigenvalue weighted by Crippen LogP contribution is -2.01. The van der Waals surface area contributed by atoms with Crippen LogP contribution < -0.4 is 17.2 Å². The molecule has 7 aromatic rings. The molecule has 216 valence electrons. The summed E-state index contributed by atoms with van der Waals surface area (Å²) in [5, 5.41) is 7.75. The summed E-state index contributed by atoms with van der Waals surface area (Å²) in [6.45, 7) is 9.63. The maximum absolute atomic E-state index is 6.46. The molecule has 6 N–H and O–H groups in total. The quantitative estimate of drug-likeness (QED) is 0.154. The largest absolute Gasteiger partial charge is 0.399 e. The highest BCUT2D eigenvalue weighted by molar-refractivity contribution is 6.39. The van der Waals surface area contributed by atoms with Crippen LogP contribution in [0.4, 0.5) is 17.1 Å². The molecule has 0 aliphatic heterocycles. The Morgan fingerprint density at radius 1 is 0.452 bits per heavy atom. The normalized spacial score (nSPS) is 12.4. The third-order valence-corrected chi connectivity index (χ3v) is 9.18. The van der Waals surface area contributed by atoms with Gasteiger partial charge in [0.2, 0.25) is 0 Å². The van der Waals surface area contributed by atoms with Crippen molar-refractivity contribution in [1.29, 1.82) is 0 Å². The molecule has 0 amide bonds. The summed E-state index contributed by atoms with van der Waals surface area (Å²) in [6, 6.07) is 19.4. The van der Waals surface area contributed by atoms with Crippen LogP contribution in [0.2, 0.25) is 0 Å². The third-order valence-electron chi connectivity index (χ3n) is 9.18. The van der Waals surface area contributed by atoms with Crippen LogP contribution in [0.15, 0.2) is 54.6 Å². The van der Waals surface area contributed by atoms with E-state index in [2.05, 4.69) is 89.1 Å². The van der Waals surface area contributed by atoms with Gasteiger partial charge in [-0.15, -0.1) is 0 Å². The summed E-state index contributed by atoms with van der Waals surface area (Å²) < 4.78 is 7.67. The molecule has 7 rings (SSSR count). The van der Waals surface area contributed by atoms with E-state index in [-0.39, 0.29) is 0 Å². The van der Waals surface area contributed by atoms with Gasteiger partial charge in [0, 0.05) is 69.0 Å². The van der Waals surface area contributed by atoms with Crippen LogP contribution in [-0.4, -0.2) is 13.7 Å². The lowest BCUT2D eigenvalue weighted by Gasteiger charge is -2.13. The molecular weight excluding hydrogens is 516 g/mol. The number of nitrogens with two attached hydrogens (primary N) is 3. The Morgan fingerprint density at radius 2 is 0.738 bits per heavy atom. The molecule has 0 atom stereocenters.